The molecule has 120 valence electrons. The first-order valence-electron chi connectivity index (χ1n) is 6.66. The lowest BCUT2D eigenvalue weighted by atomic mass is 10.3. The van der Waals surface area contributed by atoms with Crippen LogP contribution in [0.25, 0.3) is 0 Å². The van der Waals surface area contributed by atoms with E-state index in [1.807, 2.05) is 13.8 Å². The van der Waals surface area contributed by atoms with E-state index < -0.39 is 6.36 Å². The number of ether oxygens (including phenoxy) is 4. The van der Waals surface area contributed by atoms with Gasteiger partial charge in [-0.05, 0) is 38.1 Å². The molecule has 0 atom stereocenters. The third kappa shape index (κ3) is 7.77. The van der Waals surface area contributed by atoms with Crippen LogP contribution >= 0.6 is 0 Å². The van der Waals surface area contributed by atoms with Gasteiger partial charge in [-0.3, -0.25) is 0 Å². The van der Waals surface area contributed by atoms with Crippen LogP contribution in [-0.4, -0.2) is 32.5 Å². The number of benzene rings is 1. The van der Waals surface area contributed by atoms with Gasteiger partial charge in [0.25, 0.3) is 0 Å². The van der Waals surface area contributed by atoms with Crippen LogP contribution in [-0.2, 0) is 9.47 Å². The zero-order valence-corrected chi connectivity index (χ0v) is 12.0. The minimum atomic E-state index is -4.69. The Morgan fingerprint density at radius 1 is 0.952 bits per heavy atom. The van der Waals surface area contributed by atoms with Crippen LogP contribution in [0.5, 0.6) is 11.5 Å². The smallest absolute Gasteiger partial charge is 0.493 e. The van der Waals surface area contributed by atoms with Crippen molar-refractivity contribution in [3.63, 3.8) is 0 Å². The largest absolute Gasteiger partial charge is 0.573 e. The van der Waals surface area contributed by atoms with E-state index in [9.17, 15) is 13.2 Å². The van der Waals surface area contributed by atoms with Gasteiger partial charge in [-0.2, -0.15) is 0 Å². The fraction of sp³-hybridized carbons (Fsp3) is 0.571. The lowest BCUT2D eigenvalue weighted by Gasteiger charge is -2.17. The van der Waals surface area contributed by atoms with Crippen LogP contribution < -0.4 is 9.47 Å². The second-order valence-corrected chi connectivity index (χ2v) is 4.00. The molecular weight excluding hydrogens is 289 g/mol. The highest BCUT2D eigenvalue weighted by molar-refractivity contribution is 5.31. The Hall–Kier alpha value is -1.47. The Kier molecular flexibility index (Phi) is 7.31. The predicted octanol–water partition coefficient (Wildman–Crippen LogP) is 3.75. The summed E-state index contributed by atoms with van der Waals surface area (Å²) in [5, 5.41) is 0. The number of halogens is 3. The van der Waals surface area contributed by atoms with Gasteiger partial charge in [-0.15, -0.1) is 13.2 Å². The number of hydrogen-bond acceptors (Lipinski definition) is 4. The molecule has 0 N–H and O–H groups in total. The second-order valence-electron chi connectivity index (χ2n) is 4.00. The predicted molar refractivity (Wildman–Crippen MR) is 70.3 cm³/mol. The Bertz CT molecular complexity index is 386. The van der Waals surface area contributed by atoms with Crippen LogP contribution in [0.4, 0.5) is 13.2 Å². The molecule has 0 saturated heterocycles. The third-order valence-corrected chi connectivity index (χ3v) is 2.38. The average Bonchev–Trinajstić information content (AvgIpc) is 2.39. The average molecular weight is 308 g/mol. The van der Waals surface area contributed by atoms with Crippen molar-refractivity contribution in [1.82, 2.24) is 0 Å². The maximum atomic E-state index is 12.0. The normalized spacial score (nSPS) is 11.7. The van der Waals surface area contributed by atoms with Crippen LogP contribution in [0.1, 0.15) is 20.3 Å². The molecule has 1 aromatic rings. The minimum Gasteiger partial charge on any atom is -0.493 e. The SMILES string of the molecule is CCOC(CCOc1ccc(OC(F)(F)F)cc1)OCC. The first-order valence-corrected chi connectivity index (χ1v) is 6.66. The van der Waals surface area contributed by atoms with Crippen molar-refractivity contribution in [3.8, 4) is 11.5 Å². The number of alkyl halides is 3. The van der Waals surface area contributed by atoms with Crippen LogP contribution in [0.15, 0.2) is 24.3 Å². The van der Waals surface area contributed by atoms with Crippen molar-refractivity contribution in [2.75, 3.05) is 19.8 Å². The summed E-state index contributed by atoms with van der Waals surface area (Å²) in [6.07, 6.45) is -4.50. The second kappa shape index (κ2) is 8.74. The molecule has 0 heterocycles. The molecule has 0 fully saturated rings. The highest BCUT2D eigenvalue weighted by Crippen LogP contribution is 2.24. The van der Waals surface area contributed by atoms with Crippen molar-refractivity contribution in [2.45, 2.75) is 32.9 Å². The van der Waals surface area contributed by atoms with Crippen molar-refractivity contribution in [2.24, 2.45) is 0 Å². The molecular formula is C14H19F3O4. The fourth-order valence-electron chi connectivity index (χ4n) is 1.60. The molecule has 0 saturated carbocycles. The summed E-state index contributed by atoms with van der Waals surface area (Å²) in [4.78, 5) is 0. The maximum absolute atomic E-state index is 12.0. The molecule has 0 radical (unpaired) electrons. The van der Waals surface area contributed by atoms with Crippen molar-refractivity contribution in [1.29, 1.82) is 0 Å². The van der Waals surface area contributed by atoms with Gasteiger partial charge in [0, 0.05) is 19.6 Å². The Balaban J connectivity index is 2.38. The van der Waals surface area contributed by atoms with E-state index >= 15 is 0 Å². The molecule has 1 rings (SSSR count). The maximum Gasteiger partial charge on any atom is 0.573 e. The van der Waals surface area contributed by atoms with Gasteiger partial charge in [0.2, 0.25) is 0 Å². The molecule has 0 aliphatic carbocycles. The van der Waals surface area contributed by atoms with E-state index in [1.54, 1.807) is 0 Å². The number of rotatable bonds is 9. The highest BCUT2D eigenvalue weighted by Gasteiger charge is 2.30. The summed E-state index contributed by atoms with van der Waals surface area (Å²) < 4.78 is 55.9. The van der Waals surface area contributed by atoms with E-state index in [1.165, 1.54) is 24.3 Å². The summed E-state index contributed by atoms with van der Waals surface area (Å²) in [7, 11) is 0. The Morgan fingerprint density at radius 3 is 1.95 bits per heavy atom. The van der Waals surface area contributed by atoms with Gasteiger partial charge in [-0.25, -0.2) is 0 Å². The summed E-state index contributed by atoms with van der Waals surface area (Å²) in [6, 6.07) is 5.23. The van der Waals surface area contributed by atoms with Crippen molar-refractivity contribution in [3.05, 3.63) is 24.3 Å². The molecule has 4 nitrogen and oxygen atoms in total. The molecule has 0 unspecified atom stereocenters. The van der Waals surface area contributed by atoms with E-state index in [0.717, 1.165) is 0 Å². The molecule has 0 aliphatic rings. The van der Waals surface area contributed by atoms with Gasteiger partial charge in [0.05, 0.1) is 6.61 Å². The van der Waals surface area contributed by atoms with E-state index in [4.69, 9.17) is 14.2 Å². The van der Waals surface area contributed by atoms with E-state index in [-0.39, 0.29) is 12.0 Å². The summed E-state index contributed by atoms with van der Waals surface area (Å²) >= 11 is 0. The van der Waals surface area contributed by atoms with Gasteiger partial charge in [0.1, 0.15) is 11.5 Å². The van der Waals surface area contributed by atoms with E-state index in [2.05, 4.69) is 4.74 Å². The first-order chi connectivity index (χ1) is 9.94. The summed E-state index contributed by atoms with van der Waals surface area (Å²) in [5.74, 6) is 0.174. The molecule has 1 aromatic carbocycles. The van der Waals surface area contributed by atoms with Crippen LogP contribution in [0, 0.1) is 0 Å². The molecule has 0 aromatic heterocycles. The monoisotopic (exact) mass is 308 g/mol. The third-order valence-electron chi connectivity index (χ3n) is 2.38. The Morgan fingerprint density at radius 2 is 1.48 bits per heavy atom. The zero-order chi connectivity index (χ0) is 15.7. The Labute approximate surface area is 121 Å². The van der Waals surface area contributed by atoms with Crippen LogP contribution in [0.3, 0.4) is 0 Å². The quantitative estimate of drug-likeness (QED) is 0.651. The lowest BCUT2D eigenvalue weighted by molar-refractivity contribution is -0.274. The first kappa shape index (κ1) is 17.6. The standard InChI is InChI=1S/C14H19F3O4/c1-3-18-13(19-4-2)9-10-20-11-5-7-12(8-6-11)21-14(15,16)17/h5-8,13H,3-4,9-10H2,1-2H3. The molecule has 7 heteroatoms. The molecule has 21 heavy (non-hydrogen) atoms. The van der Waals surface area contributed by atoms with Crippen LogP contribution in [0.2, 0.25) is 0 Å². The summed E-state index contributed by atoms with van der Waals surface area (Å²) in [5.41, 5.74) is 0. The molecule has 0 amide bonds. The zero-order valence-electron chi connectivity index (χ0n) is 12.0. The van der Waals surface area contributed by atoms with Gasteiger partial charge in [0.15, 0.2) is 6.29 Å². The highest BCUT2D eigenvalue weighted by atomic mass is 19.4. The van der Waals surface area contributed by atoms with Gasteiger partial charge < -0.3 is 18.9 Å². The fourth-order valence-corrected chi connectivity index (χ4v) is 1.60. The molecule has 0 aliphatic heterocycles. The topological polar surface area (TPSA) is 36.9 Å². The van der Waals surface area contributed by atoms with Crippen molar-refractivity contribution < 1.29 is 32.1 Å². The molecule has 0 bridgehead atoms. The van der Waals surface area contributed by atoms with Gasteiger partial charge >= 0.3 is 6.36 Å². The van der Waals surface area contributed by atoms with E-state index in [0.29, 0.717) is 32.0 Å². The van der Waals surface area contributed by atoms with Crippen molar-refractivity contribution >= 4 is 0 Å². The van der Waals surface area contributed by atoms with Gasteiger partial charge in [-0.1, -0.05) is 0 Å². The number of hydrogen-bond donors (Lipinski definition) is 0. The lowest BCUT2D eigenvalue weighted by Crippen LogP contribution is -2.20. The molecule has 0 spiro atoms. The summed E-state index contributed by atoms with van der Waals surface area (Å²) in [6.45, 7) is 5.14. The minimum absolute atomic E-state index is 0.281.